The number of ether oxygens (including phenoxy) is 2. The zero-order chi connectivity index (χ0) is 21.4. The van der Waals surface area contributed by atoms with Gasteiger partial charge in [0.2, 0.25) is 0 Å². The number of nitrogens with zero attached hydrogens (tertiary/aromatic N) is 1. The van der Waals surface area contributed by atoms with Crippen molar-refractivity contribution in [3.8, 4) is 5.75 Å². The quantitative estimate of drug-likeness (QED) is 0.776. The van der Waals surface area contributed by atoms with E-state index in [4.69, 9.17) is 9.47 Å². The van der Waals surface area contributed by atoms with Crippen molar-refractivity contribution in [2.24, 2.45) is 11.0 Å². The molecular weight excluding hydrogens is 387 g/mol. The fourth-order valence-electron chi connectivity index (χ4n) is 3.57. The molecule has 0 aromatic heterocycles. The van der Waals surface area contributed by atoms with Crippen LogP contribution in [-0.2, 0) is 17.6 Å². The Balaban J connectivity index is 1.72. The van der Waals surface area contributed by atoms with E-state index in [0.29, 0.717) is 23.3 Å². The van der Waals surface area contributed by atoms with Gasteiger partial charge in [0.1, 0.15) is 28.8 Å². The number of hydrazone groups is 1. The SMILES string of the molecule is CC(C)(C)OC(=O)NCC1(C)Cc2cc(F)cc(CC3C=NN[C@@H]3C(F)F)c2O1. The maximum atomic E-state index is 14.2. The van der Waals surface area contributed by atoms with Crippen LogP contribution < -0.4 is 15.5 Å². The fourth-order valence-corrected chi connectivity index (χ4v) is 3.57. The van der Waals surface area contributed by atoms with E-state index in [0.717, 1.165) is 0 Å². The molecule has 3 rings (SSSR count). The van der Waals surface area contributed by atoms with E-state index in [2.05, 4.69) is 15.8 Å². The third-order valence-corrected chi connectivity index (χ3v) is 4.80. The Bertz CT molecular complexity index is 810. The lowest BCUT2D eigenvalue weighted by atomic mass is 9.92. The van der Waals surface area contributed by atoms with E-state index in [1.165, 1.54) is 18.3 Å². The van der Waals surface area contributed by atoms with Gasteiger partial charge in [-0.15, -0.1) is 0 Å². The molecule has 0 spiro atoms. The van der Waals surface area contributed by atoms with Crippen LogP contribution in [0.15, 0.2) is 17.2 Å². The molecule has 0 saturated heterocycles. The molecule has 2 aliphatic heterocycles. The first-order valence-electron chi connectivity index (χ1n) is 9.50. The van der Waals surface area contributed by atoms with Crippen molar-refractivity contribution >= 4 is 12.3 Å². The molecule has 0 saturated carbocycles. The first-order valence-corrected chi connectivity index (χ1v) is 9.50. The Labute approximate surface area is 167 Å². The molecular formula is C20H26F3N3O3. The zero-order valence-electron chi connectivity index (χ0n) is 16.9. The highest BCUT2D eigenvalue weighted by molar-refractivity contribution is 5.68. The van der Waals surface area contributed by atoms with Crippen LogP contribution in [0.1, 0.15) is 38.8 Å². The normalized spacial score (nSPS) is 25.5. The first-order chi connectivity index (χ1) is 13.5. The van der Waals surface area contributed by atoms with Crippen LogP contribution in [0.25, 0.3) is 0 Å². The predicted octanol–water partition coefficient (Wildman–Crippen LogP) is 3.43. The number of hydrogen-bond acceptors (Lipinski definition) is 5. The van der Waals surface area contributed by atoms with Gasteiger partial charge in [-0.05, 0) is 51.8 Å². The van der Waals surface area contributed by atoms with Crippen LogP contribution in [0.5, 0.6) is 5.75 Å². The van der Waals surface area contributed by atoms with Gasteiger partial charge in [-0.1, -0.05) is 0 Å². The zero-order valence-corrected chi connectivity index (χ0v) is 16.9. The monoisotopic (exact) mass is 413 g/mol. The number of rotatable bonds is 5. The molecule has 29 heavy (non-hydrogen) atoms. The van der Waals surface area contributed by atoms with Crippen molar-refractivity contribution in [1.29, 1.82) is 0 Å². The summed E-state index contributed by atoms with van der Waals surface area (Å²) in [5, 5.41) is 6.41. The summed E-state index contributed by atoms with van der Waals surface area (Å²) in [5.74, 6) is -0.548. The number of carbonyl (C=O) groups excluding carboxylic acids is 1. The number of amides is 1. The Morgan fingerprint density at radius 1 is 1.45 bits per heavy atom. The van der Waals surface area contributed by atoms with Crippen LogP contribution in [0.4, 0.5) is 18.0 Å². The van der Waals surface area contributed by atoms with Crippen molar-refractivity contribution in [3.63, 3.8) is 0 Å². The van der Waals surface area contributed by atoms with E-state index < -0.39 is 41.5 Å². The summed E-state index contributed by atoms with van der Waals surface area (Å²) in [5.41, 5.74) is 2.12. The molecule has 2 aliphatic rings. The fraction of sp³-hybridized carbons (Fsp3) is 0.600. The van der Waals surface area contributed by atoms with Gasteiger partial charge in [-0.2, -0.15) is 5.10 Å². The molecule has 1 amide bonds. The van der Waals surface area contributed by atoms with Crippen molar-refractivity contribution in [3.05, 3.63) is 29.1 Å². The summed E-state index contributed by atoms with van der Waals surface area (Å²) in [6.07, 6.45) is -1.20. The first kappa shape index (κ1) is 21.3. The summed E-state index contributed by atoms with van der Waals surface area (Å²) >= 11 is 0. The van der Waals surface area contributed by atoms with Crippen molar-refractivity contribution in [2.75, 3.05) is 6.54 Å². The van der Waals surface area contributed by atoms with Gasteiger partial charge < -0.3 is 20.2 Å². The molecule has 1 aromatic carbocycles. The molecule has 0 bridgehead atoms. The highest BCUT2D eigenvalue weighted by Gasteiger charge is 2.39. The van der Waals surface area contributed by atoms with Crippen molar-refractivity contribution in [2.45, 2.75) is 64.2 Å². The second-order valence-corrected chi connectivity index (χ2v) is 8.77. The Morgan fingerprint density at radius 3 is 2.83 bits per heavy atom. The minimum absolute atomic E-state index is 0.157. The molecule has 2 heterocycles. The number of alkyl halides is 2. The summed E-state index contributed by atoms with van der Waals surface area (Å²) in [7, 11) is 0. The molecule has 160 valence electrons. The van der Waals surface area contributed by atoms with Gasteiger partial charge in [-0.3, -0.25) is 0 Å². The molecule has 0 fully saturated rings. The number of benzene rings is 1. The van der Waals surface area contributed by atoms with Crippen LogP contribution in [-0.4, -0.2) is 42.5 Å². The number of fused-ring (bicyclic) bond motifs is 1. The van der Waals surface area contributed by atoms with E-state index in [1.807, 2.05) is 0 Å². The highest BCUT2D eigenvalue weighted by atomic mass is 19.3. The van der Waals surface area contributed by atoms with Gasteiger partial charge in [0.15, 0.2) is 0 Å². The summed E-state index contributed by atoms with van der Waals surface area (Å²) < 4.78 is 51.8. The molecule has 2 N–H and O–H groups in total. The summed E-state index contributed by atoms with van der Waals surface area (Å²) in [6.45, 7) is 7.24. The second kappa shape index (κ2) is 7.76. The van der Waals surface area contributed by atoms with Gasteiger partial charge in [0, 0.05) is 24.1 Å². The number of halogens is 3. The van der Waals surface area contributed by atoms with Crippen molar-refractivity contribution < 1.29 is 27.4 Å². The van der Waals surface area contributed by atoms with E-state index in [-0.39, 0.29) is 13.0 Å². The lowest BCUT2D eigenvalue weighted by Crippen LogP contribution is -2.45. The van der Waals surface area contributed by atoms with Crippen LogP contribution in [0, 0.1) is 11.7 Å². The highest BCUT2D eigenvalue weighted by Crippen LogP contribution is 2.40. The Morgan fingerprint density at radius 2 is 2.17 bits per heavy atom. The van der Waals surface area contributed by atoms with Crippen LogP contribution >= 0.6 is 0 Å². The smallest absolute Gasteiger partial charge is 0.407 e. The van der Waals surface area contributed by atoms with E-state index in [9.17, 15) is 18.0 Å². The third-order valence-electron chi connectivity index (χ3n) is 4.80. The lowest BCUT2D eigenvalue weighted by Gasteiger charge is -2.26. The molecule has 1 aromatic rings. The summed E-state index contributed by atoms with van der Waals surface area (Å²) in [4.78, 5) is 11.9. The molecule has 9 heteroatoms. The van der Waals surface area contributed by atoms with Gasteiger partial charge in [0.05, 0.1) is 6.54 Å². The van der Waals surface area contributed by atoms with Gasteiger partial charge in [-0.25, -0.2) is 18.0 Å². The average molecular weight is 413 g/mol. The summed E-state index contributed by atoms with van der Waals surface area (Å²) in [6, 6.07) is 1.57. The number of nitrogens with one attached hydrogen (secondary N) is 2. The minimum Gasteiger partial charge on any atom is -0.485 e. The van der Waals surface area contributed by atoms with Gasteiger partial charge >= 0.3 is 6.09 Å². The number of hydrogen-bond donors (Lipinski definition) is 2. The maximum absolute atomic E-state index is 14.2. The largest absolute Gasteiger partial charge is 0.485 e. The minimum atomic E-state index is -2.59. The standard InChI is InChI=1S/C20H26F3N3O3/c1-19(2,3)29-18(27)24-10-20(4)8-12-7-14(21)6-11(16(12)28-20)5-13-9-25-26-15(13)17(22)23/h6-7,9,13,15,17,26H,5,8,10H2,1-4H3,(H,24,27)/t13?,15-,20?/m0/s1. The van der Waals surface area contributed by atoms with Gasteiger partial charge in [0.25, 0.3) is 6.43 Å². The van der Waals surface area contributed by atoms with E-state index >= 15 is 0 Å². The predicted molar refractivity (Wildman–Crippen MR) is 102 cm³/mol. The topological polar surface area (TPSA) is 72.0 Å². The molecule has 3 atom stereocenters. The second-order valence-electron chi connectivity index (χ2n) is 8.77. The maximum Gasteiger partial charge on any atom is 0.407 e. The Kier molecular flexibility index (Phi) is 5.69. The Hall–Kier alpha value is -2.45. The third kappa shape index (κ3) is 5.13. The molecule has 0 aliphatic carbocycles. The lowest BCUT2D eigenvalue weighted by molar-refractivity contribution is 0.0447. The molecule has 2 unspecified atom stereocenters. The van der Waals surface area contributed by atoms with Crippen molar-refractivity contribution in [1.82, 2.24) is 10.7 Å². The van der Waals surface area contributed by atoms with Crippen LogP contribution in [0.2, 0.25) is 0 Å². The molecule has 6 nitrogen and oxygen atoms in total. The average Bonchev–Trinajstić information content (AvgIpc) is 3.16. The number of alkyl carbamates (subject to hydrolysis) is 1. The number of carbonyl (C=O) groups is 1. The van der Waals surface area contributed by atoms with E-state index in [1.54, 1.807) is 27.7 Å². The van der Waals surface area contributed by atoms with Crippen LogP contribution in [0.3, 0.4) is 0 Å². The molecule has 0 radical (unpaired) electrons.